The summed E-state index contributed by atoms with van der Waals surface area (Å²) in [5, 5.41) is 9.82. The quantitative estimate of drug-likeness (QED) is 0.539. The predicted molar refractivity (Wildman–Crippen MR) is 123 cm³/mol. The third-order valence-electron chi connectivity index (χ3n) is 6.78. The number of morpholine rings is 1. The van der Waals surface area contributed by atoms with Gasteiger partial charge in [0.05, 0.1) is 29.8 Å². The van der Waals surface area contributed by atoms with Gasteiger partial charge in [0.1, 0.15) is 5.82 Å². The second kappa shape index (κ2) is 10.2. The molecule has 2 aliphatic heterocycles. The van der Waals surface area contributed by atoms with E-state index in [1.807, 2.05) is 0 Å². The summed E-state index contributed by atoms with van der Waals surface area (Å²) in [6.45, 7) is 1.09. The predicted octanol–water partition coefficient (Wildman–Crippen LogP) is 3.90. The van der Waals surface area contributed by atoms with E-state index in [1.165, 1.54) is 4.90 Å². The number of hydrogen-bond donors (Lipinski definition) is 1. The molecule has 4 rings (SSSR count). The van der Waals surface area contributed by atoms with Crippen molar-refractivity contribution in [1.82, 2.24) is 4.90 Å². The van der Waals surface area contributed by atoms with Crippen molar-refractivity contribution >= 4 is 21.6 Å². The second-order valence-electron chi connectivity index (χ2n) is 9.19. The number of anilines is 1. The monoisotopic (exact) mass is 584 g/mol. The van der Waals surface area contributed by atoms with E-state index in [0.717, 1.165) is 34.6 Å². The van der Waals surface area contributed by atoms with Gasteiger partial charge in [-0.1, -0.05) is 12.1 Å². The number of nitrogens with zero attached hydrogens (tertiary/aromatic N) is 2. The Morgan fingerprint density at radius 1 is 0.974 bits per heavy atom. The molecule has 39 heavy (non-hydrogen) atoms. The minimum atomic E-state index is -6.12. The molecule has 15 heteroatoms. The largest absolute Gasteiger partial charge is 0.430 e. The SMILES string of the molecule is O=C(CC1CCc2cc(C(O)(C(F)(F)F)C(F)(F)F)ccc2N1S(=O)(=O)c1ccc(F)cc1)N1CCOCC1. The molecule has 0 spiro atoms. The zero-order chi connectivity index (χ0) is 28.8. The number of alkyl halides is 6. The number of fused-ring (bicyclic) bond motifs is 1. The van der Waals surface area contributed by atoms with Crippen molar-refractivity contribution in [3.63, 3.8) is 0 Å². The Balaban J connectivity index is 1.80. The van der Waals surface area contributed by atoms with Crippen LogP contribution in [-0.4, -0.2) is 69.0 Å². The first-order valence-corrected chi connectivity index (χ1v) is 13.2. The van der Waals surface area contributed by atoms with Crippen molar-refractivity contribution in [2.75, 3.05) is 30.6 Å². The molecule has 214 valence electrons. The summed E-state index contributed by atoms with van der Waals surface area (Å²) in [5.74, 6) is -1.15. The molecule has 0 bridgehead atoms. The van der Waals surface area contributed by atoms with Crippen molar-refractivity contribution in [3.8, 4) is 0 Å². The minimum absolute atomic E-state index is 0.122. The molecule has 2 aromatic carbocycles. The molecule has 0 saturated carbocycles. The lowest BCUT2D eigenvalue weighted by Crippen LogP contribution is -2.54. The van der Waals surface area contributed by atoms with Gasteiger partial charge in [-0.25, -0.2) is 12.8 Å². The van der Waals surface area contributed by atoms with Crippen molar-refractivity contribution in [1.29, 1.82) is 0 Å². The molecule has 1 unspecified atom stereocenters. The van der Waals surface area contributed by atoms with E-state index in [1.54, 1.807) is 0 Å². The van der Waals surface area contributed by atoms with E-state index in [2.05, 4.69) is 0 Å². The summed E-state index contributed by atoms with van der Waals surface area (Å²) in [6, 6.07) is 4.21. The Bertz CT molecular complexity index is 1310. The highest BCUT2D eigenvalue weighted by atomic mass is 32.2. The van der Waals surface area contributed by atoms with Crippen molar-refractivity contribution < 1.29 is 53.8 Å². The molecule has 1 N–H and O–H groups in total. The summed E-state index contributed by atoms with van der Waals surface area (Å²) < 4.78 is 128. The number of amides is 1. The molecular weight excluding hydrogens is 561 g/mol. The van der Waals surface area contributed by atoms with Gasteiger partial charge in [-0.15, -0.1) is 0 Å². The molecule has 0 aromatic heterocycles. The average Bonchev–Trinajstić information content (AvgIpc) is 2.87. The van der Waals surface area contributed by atoms with Gasteiger partial charge in [-0.2, -0.15) is 26.3 Å². The Hall–Kier alpha value is -2.91. The molecule has 2 aromatic rings. The van der Waals surface area contributed by atoms with E-state index >= 15 is 0 Å². The third kappa shape index (κ3) is 5.31. The molecule has 0 aliphatic carbocycles. The summed E-state index contributed by atoms with van der Waals surface area (Å²) >= 11 is 0. The van der Waals surface area contributed by atoms with Crippen LogP contribution in [0.25, 0.3) is 0 Å². The Morgan fingerprint density at radius 3 is 2.13 bits per heavy atom. The normalized spacial score (nSPS) is 19.1. The highest BCUT2D eigenvalue weighted by Gasteiger charge is 2.71. The summed E-state index contributed by atoms with van der Waals surface area (Å²) in [5.41, 5.74) is -7.18. The van der Waals surface area contributed by atoms with Crippen LogP contribution >= 0.6 is 0 Å². The van der Waals surface area contributed by atoms with E-state index in [-0.39, 0.29) is 56.8 Å². The maximum Gasteiger partial charge on any atom is 0.430 e. The molecular formula is C24H23F7N2O5S. The maximum absolute atomic E-state index is 13.7. The first-order valence-electron chi connectivity index (χ1n) is 11.7. The first-order chi connectivity index (χ1) is 18.1. The molecule has 0 radical (unpaired) electrons. The van der Waals surface area contributed by atoms with Crippen LogP contribution in [0.1, 0.15) is 24.0 Å². The Morgan fingerprint density at radius 2 is 1.56 bits per heavy atom. The minimum Gasteiger partial charge on any atom is -0.378 e. The topological polar surface area (TPSA) is 87.2 Å². The van der Waals surface area contributed by atoms with Crippen molar-refractivity contribution in [3.05, 3.63) is 59.4 Å². The average molecular weight is 585 g/mol. The lowest BCUT2D eigenvalue weighted by Gasteiger charge is -2.40. The van der Waals surface area contributed by atoms with E-state index in [0.29, 0.717) is 12.1 Å². The van der Waals surface area contributed by atoms with Crippen LogP contribution in [0.15, 0.2) is 47.4 Å². The number of carbonyl (C=O) groups excluding carboxylic acids is 1. The number of sulfonamides is 1. The zero-order valence-electron chi connectivity index (χ0n) is 20.1. The van der Waals surface area contributed by atoms with Crippen LogP contribution < -0.4 is 4.31 Å². The van der Waals surface area contributed by atoms with Crippen molar-refractivity contribution in [2.24, 2.45) is 0 Å². The number of halogens is 7. The number of hydrogen-bond acceptors (Lipinski definition) is 5. The van der Waals surface area contributed by atoms with Crippen LogP contribution in [0, 0.1) is 5.82 Å². The highest BCUT2D eigenvalue weighted by Crippen LogP contribution is 2.51. The highest BCUT2D eigenvalue weighted by molar-refractivity contribution is 7.92. The van der Waals surface area contributed by atoms with Crippen LogP contribution in [0.3, 0.4) is 0 Å². The van der Waals surface area contributed by atoms with Gasteiger partial charge >= 0.3 is 12.4 Å². The van der Waals surface area contributed by atoms with Crippen LogP contribution in [0.4, 0.5) is 36.4 Å². The number of carbonyl (C=O) groups is 1. The molecule has 2 aliphatic rings. The van der Waals surface area contributed by atoms with Gasteiger partial charge in [0.25, 0.3) is 15.6 Å². The zero-order valence-corrected chi connectivity index (χ0v) is 20.9. The first kappa shape index (κ1) is 29.1. The number of rotatable bonds is 5. The van der Waals surface area contributed by atoms with E-state index in [9.17, 15) is 49.1 Å². The number of aliphatic hydroxyl groups is 1. The lowest BCUT2D eigenvalue weighted by molar-refractivity contribution is -0.376. The van der Waals surface area contributed by atoms with Gasteiger partial charge in [0.15, 0.2) is 0 Å². The Labute approximate surface area is 218 Å². The third-order valence-corrected chi connectivity index (χ3v) is 8.66. The molecule has 1 fully saturated rings. The lowest BCUT2D eigenvalue weighted by atomic mass is 9.87. The molecule has 1 amide bonds. The van der Waals surface area contributed by atoms with Crippen LogP contribution in [0.2, 0.25) is 0 Å². The number of aryl methyl sites for hydroxylation is 1. The molecule has 1 saturated heterocycles. The maximum atomic E-state index is 13.7. The van der Waals surface area contributed by atoms with Gasteiger partial charge < -0.3 is 14.7 Å². The second-order valence-corrected chi connectivity index (χ2v) is 11.0. The standard InChI is InChI=1S/C24H23F7N2O5S/c25-17-3-6-19(7-4-17)39(36,37)33-18(14-21(34)32-9-11-38-12-10-32)5-1-15-13-16(2-8-20(15)33)22(35,23(26,27)28)24(29,30)31/h2-4,6-8,13,18,35H,1,5,9-12,14H2. The summed E-state index contributed by atoms with van der Waals surface area (Å²) in [6.07, 6.45) is -12.9. The van der Waals surface area contributed by atoms with Gasteiger partial charge in [0.2, 0.25) is 5.91 Å². The number of benzene rings is 2. The summed E-state index contributed by atoms with van der Waals surface area (Å²) in [7, 11) is -4.56. The number of ether oxygens (including phenoxy) is 1. The molecule has 1 atom stereocenters. The van der Waals surface area contributed by atoms with Gasteiger partial charge in [-0.3, -0.25) is 9.10 Å². The molecule has 2 heterocycles. The Kier molecular flexibility index (Phi) is 7.64. The van der Waals surface area contributed by atoms with E-state index in [4.69, 9.17) is 4.74 Å². The van der Waals surface area contributed by atoms with Gasteiger partial charge in [-0.05, 0) is 48.7 Å². The van der Waals surface area contributed by atoms with Crippen molar-refractivity contribution in [2.45, 2.75) is 48.2 Å². The molecule has 7 nitrogen and oxygen atoms in total. The van der Waals surface area contributed by atoms with Crippen LogP contribution in [-0.2, 0) is 31.6 Å². The van der Waals surface area contributed by atoms with E-state index < -0.39 is 56.2 Å². The van der Waals surface area contributed by atoms with Crippen LogP contribution in [0.5, 0.6) is 0 Å². The fourth-order valence-corrected chi connectivity index (χ4v) is 6.44. The van der Waals surface area contributed by atoms with Gasteiger partial charge in [0, 0.05) is 25.1 Å². The fraction of sp³-hybridized carbons (Fsp3) is 0.458. The fourth-order valence-electron chi connectivity index (χ4n) is 4.72. The smallest absolute Gasteiger partial charge is 0.378 e. The summed E-state index contributed by atoms with van der Waals surface area (Å²) in [4.78, 5) is 14.0.